The number of nitrogens with zero attached hydrogens (tertiary/aromatic N) is 3. The predicted molar refractivity (Wildman–Crippen MR) is 69.9 cm³/mol. The second-order valence-corrected chi connectivity index (χ2v) is 5.29. The van der Waals surface area contributed by atoms with E-state index >= 15 is 0 Å². The minimum absolute atomic E-state index is 0.0386. The molecule has 2 saturated heterocycles. The van der Waals surface area contributed by atoms with Gasteiger partial charge in [0.2, 0.25) is 5.91 Å². The van der Waals surface area contributed by atoms with E-state index in [1.165, 1.54) is 6.20 Å². The first-order chi connectivity index (χ1) is 9.15. The molecule has 1 aromatic heterocycles. The standard InChI is InChI=1S/C13H14ClN3O2/c14-11-7-9(3-4-15-11)13(19)16-5-6-17-10(8-16)1-2-12(17)18/h3-4,7,10H,1-2,5-6,8H2. The van der Waals surface area contributed by atoms with E-state index in [2.05, 4.69) is 4.98 Å². The summed E-state index contributed by atoms with van der Waals surface area (Å²) in [5.41, 5.74) is 0.553. The smallest absolute Gasteiger partial charge is 0.254 e. The van der Waals surface area contributed by atoms with Gasteiger partial charge in [-0.1, -0.05) is 11.6 Å². The van der Waals surface area contributed by atoms with Crippen molar-refractivity contribution in [3.05, 3.63) is 29.0 Å². The van der Waals surface area contributed by atoms with E-state index in [1.807, 2.05) is 4.90 Å². The molecule has 1 atom stereocenters. The average molecular weight is 280 g/mol. The topological polar surface area (TPSA) is 53.5 Å². The summed E-state index contributed by atoms with van der Waals surface area (Å²) in [6.45, 7) is 1.83. The molecule has 6 heteroatoms. The molecule has 1 unspecified atom stereocenters. The molecule has 0 spiro atoms. The van der Waals surface area contributed by atoms with Crippen LogP contribution in [-0.2, 0) is 4.79 Å². The van der Waals surface area contributed by atoms with Gasteiger partial charge in [0, 0.05) is 43.9 Å². The number of halogens is 1. The minimum atomic E-state index is -0.0386. The summed E-state index contributed by atoms with van der Waals surface area (Å²) in [5.74, 6) is 0.173. The fourth-order valence-corrected chi connectivity index (χ4v) is 2.94. The van der Waals surface area contributed by atoms with Gasteiger partial charge in [-0.05, 0) is 18.6 Å². The highest BCUT2D eigenvalue weighted by Crippen LogP contribution is 2.23. The van der Waals surface area contributed by atoms with Crippen molar-refractivity contribution in [3.63, 3.8) is 0 Å². The molecule has 2 amide bonds. The molecule has 3 rings (SSSR count). The highest BCUT2D eigenvalue weighted by atomic mass is 35.5. The van der Waals surface area contributed by atoms with Crippen LogP contribution >= 0.6 is 11.6 Å². The van der Waals surface area contributed by atoms with Crippen LogP contribution < -0.4 is 0 Å². The number of carbonyl (C=O) groups excluding carboxylic acids is 2. The van der Waals surface area contributed by atoms with Gasteiger partial charge in [-0.3, -0.25) is 9.59 Å². The Labute approximate surface area is 116 Å². The van der Waals surface area contributed by atoms with Crippen LogP contribution in [0.15, 0.2) is 18.3 Å². The van der Waals surface area contributed by atoms with Crippen molar-refractivity contribution in [3.8, 4) is 0 Å². The first-order valence-electron chi connectivity index (χ1n) is 6.35. The van der Waals surface area contributed by atoms with Gasteiger partial charge in [-0.25, -0.2) is 4.98 Å². The molecule has 5 nitrogen and oxygen atoms in total. The number of amides is 2. The van der Waals surface area contributed by atoms with Crippen molar-refractivity contribution in [1.29, 1.82) is 0 Å². The Morgan fingerprint density at radius 1 is 1.42 bits per heavy atom. The molecule has 0 N–H and O–H groups in total. The second kappa shape index (κ2) is 4.81. The van der Waals surface area contributed by atoms with Crippen LogP contribution in [-0.4, -0.2) is 52.3 Å². The van der Waals surface area contributed by atoms with Gasteiger partial charge in [0.05, 0.1) is 0 Å². The zero-order chi connectivity index (χ0) is 13.4. The number of pyridine rings is 1. The largest absolute Gasteiger partial charge is 0.336 e. The van der Waals surface area contributed by atoms with E-state index in [0.717, 1.165) is 6.42 Å². The van der Waals surface area contributed by atoms with Crippen molar-refractivity contribution in [2.24, 2.45) is 0 Å². The molecule has 1 aromatic rings. The molecule has 0 aromatic carbocycles. The summed E-state index contributed by atoms with van der Waals surface area (Å²) in [6.07, 6.45) is 2.98. The molecule has 2 aliphatic heterocycles. The summed E-state index contributed by atoms with van der Waals surface area (Å²) in [5, 5.41) is 0.320. The molecule has 0 aliphatic carbocycles. The van der Waals surface area contributed by atoms with Crippen LogP contribution in [0.5, 0.6) is 0 Å². The third-order valence-corrected chi connectivity index (χ3v) is 3.96. The van der Waals surface area contributed by atoms with Gasteiger partial charge in [-0.2, -0.15) is 0 Å². The van der Waals surface area contributed by atoms with Crippen LogP contribution in [0.25, 0.3) is 0 Å². The summed E-state index contributed by atoms with van der Waals surface area (Å²) in [6, 6.07) is 3.43. The lowest BCUT2D eigenvalue weighted by atomic mass is 10.1. The zero-order valence-electron chi connectivity index (χ0n) is 10.4. The maximum atomic E-state index is 12.4. The first-order valence-corrected chi connectivity index (χ1v) is 6.73. The Morgan fingerprint density at radius 3 is 3.05 bits per heavy atom. The van der Waals surface area contributed by atoms with E-state index in [9.17, 15) is 9.59 Å². The number of hydrogen-bond acceptors (Lipinski definition) is 3. The molecule has 100 valence electrons. The average Bonchev–Trinajstić information content (AvgIpc) is 2.79. The van der Waals surface area contributed by atoms with Crippen molar-refractivity contribution >= 4 is 23.4 Å². The summed E-state index contributed by atoms with van der Waals surface area (Å²) >= 11 is 5.80. The lowest BCUT2D eigenvalue weighted by Gasteiger charge is -2.37. The maximum Gasteiger partial charge on any atom is 0.254 e. The fraction of sp³-hybridized carbons (Fsp3) is 0.462. The number of fused-ring (bicyclic) bond motifs is 1. The van der Waals surface area contributed by atoms with E-state index < -0.39 is 0 Å². The van der Waals surface area contributed by atoms with Gasteiger partial charge in [0.25, 0.3) is 5.91 Å². The van der Waals surface area contributed by atoms with Crippen LogP contribution in [0.4, 0.5) is 0 Å². The Balaban J connectivity index is 1.74. The molecule has 19 heavy (non-hydrogen) atoms. The summed E-state index contributed by atoms with van der Waals surface area (Å²) < 4.78 is 0. The number of hydrogen-bond donors (Lipinski definition) is 0. The molecule has 0 bridgehead atoms. The molecule has 3 heterocycles. The quantitative estimate of drug-likeness (QED) is 0.726. The number of piperazine rings is 1. The van der Waals surface area contributed by atoms with Crippen molar-refractivity contribution in [1.82, 2.24) is 14.8 Å². The van der Waals surface area contributed by atoms with Crippen LogP contribution in [0.2, 0.25) is 5.15 Å². The number of aromatic nitrogens is 1. The van der Waals surface area contributed by atoms with Crippen LogP contribution in [0, 0.1) is 0 Å². The van der Waals surface area contributed by atoms with Crippen molar-refractivity contribution in [2.75, 3.05) is 19.6 Å². The number of carbonyl (C=O) groups is 2. The molecular weight excluding hydrogens is 266 g/mol. The monoisotopic (exact) mass is 279 g/mol. The maximum absolute atomic E-state index is 12.4. The summed E-state index contributed by atoms with van der Waals surface area (Å²) in [4.78, 5) is 31.5. The number of rotatable bonds is 1. The van der Waals surface area contributed by atoms with Gasteiger partial charge >= 0.3 is 0 Å². The van der Waals surface area contributed by atoms with Crippen LogP contribution in [0.3, 0.4) is 0 Å². The lowest BCUT2D eigenvalue weighted by Crippen LogP contribution is -2.53. The fourth-order valence-electron chi connectivity index (χ4n) is 2.77. The molecule has 0 radical (unpaired) electrons. The van der Waals surface area contributed by atoms with Gasteiger partial charge < -0.3 is 9.80 Å². The molecule has 2 fully saturated rings. The molecular formula is C13H14ClN3O2. The summed E-state index contributed by atoms with van der Waals surface area (Å²) in [7, 11) is 0. The van der Waals surface area contributed by atoms with Gasteiger partial charge in [0.1, 0.15) is 5.15 Å². The second-order valence-electron chi connectivity index (χ2n) is 4.90. The Morgan fingerprint density at radius 2 is 2.26 bits per heavy atom. The van der Waals surface area contributed by atoms with Gasteiger partial charge in [-0.15, -0.1) is 0 Å². The third kappa shape index (κ3) is 2.30. The molecule has 2 aliphatic rings. The minimum Gasteiger partial charge on any atom is -0.336 e. The van der Waals surface area contributed by atoms with Crippen LogP contribution in [0.1, 0.15) is 23.2 Å². The predicted octanol–water partition coefficient (Wildman–Crippen LogP) is 1.18. The third-order valence-electron chi connectivity index (χ3n) is 3.76. The van der Waals surface area contributed by atoms with Crippen molar-refractivity contribution < 1.29 is 9.59 Å². The van der Waals surface area contributed by atoms with E-state index in [1.54, 1.807) is 17.0 Å². The van der Waals surface area contributed by atoms with Gasteiger partial charge in [0.15, 0.2) is 0 Å². The van der Waals surface area contributed by atoms with Crippen molar-refractivity contribution in [2.45, 2.75) is 18.9 Å². The lowest BCUT2D eigenvalue weighted by molar-refractivity contribution is -0.130. The highest BCUT2D eigenvalue weighted by molar-refractivity contribution is 6.29. The Kier molecular flexibility index (Phi) is 3.14. The SMILES string of the molecule is O=C(c1ccnc(Cl)c1)N1CCN2C(=O)CCC2C1. The Bertz CT molecular complexity index is 534. The van der Waals surface area contributed by atoms with E-state index in [0.29, 0.717) is 36.8 Å². The molecule has 0 saturated carbocycles. The zero-order valence-corrected chi connectivity index (χ0v) is 11.1. The normalized spacial score (nSPS) is 22.6. The highest BCUT2D eigenvalue weighted by Gasteiger charge is 2.36. The first kappa shape index (κ1) is 12.4. The Hall–Kier alpha value is -1.62. The van der Waals surface area contributed by atoms with E-state index in [4.69, 9.17) is 11.6 Å². The van der Waals surface area contributed by atoms with E-state index in [-0.39, 0.29) is 17.9 Å².